The molecule has 104 valence electrons. The zero-order valence-corrected chi connectivity index (χ0v) is 12.4. The topological polar surface area (TPSA) is 24.1 Å². The first-order chi connectivity index (χ1) is 9.60. The van der Waals surface area contributed by atoms with Gasteiger partial charge >= 0.3 is 0 Å². The molecule has 0 radical (unpaired) electrons. The Balaban J connectivity index is 2.07. The van der Waals surface area contributed by atoms with Crippen molar-refractivity contribution in [3.63, 3.8) is 0 Å². The Hall–Kier alpha value is -1.94. The molecule has 0 spiro atoms. The zero-order valence-electron chi connectivity index (χ0n) is 11.5. The third-order valence-corrected chi connectivity index (χ3v) is 3.28. The molecule has 0 bridgehead atoms. The Labute approximate surface area is 124 Å². The van der Waals surface area contributed by atoms with Gasteiger partial charge in [0.25, 0.3) is 0 Å². The Morgan fingerprint density at radius 2 is 1.90 bits per heavy atom. The van der Waals surface area contributed by atoms with Crippen LogP contribution in [-0.2, 0) is 6.42 Å². The van der Waals surface area contributed by atoms with E-state index in [4.69, 9.17) is 12.2 Å². The molecule has 0 aliphatic rings. The molecule has 2 rings (SSSR count). The second kappa shape index (κ2) is 6.48. The van der Waals surface area contributed by atoms with Gasteiger partial charge in [0.05, 0.1) is 0 Å². The van der Waals surface area contributed by atoms with E-state index in [1.54, 1.807) is 19.1 Å². The maximum atomic E-state index is 13.5. The van der Waals surface area contributed by atoms with E-state index >= 15 is 0 Å². The molecule has 0 atom stereocenters. The lowest BCUT2D eigenvalue weighted by Gasteiger charge is -2.13. The van der Waals surface area contributed by atoms with E-state index in [1.807, 2.05) is 18.2 Å². The number of rotatable bonds is 3. The fourth-order valence-corrected chi connectivity index (χ4v) is 2.13. The van der Waals surface area contributed by atoms with E-state index in [2.05, 4.69) is 23.6 Å². The Morgan fingerprint density at radius 3 is 2.60 bits per heavy atom. The van der Waals surface area contributed by atoms with Crippen LogP contribution in [0.4, 0.5) is 15.8 Å². The van der Waals surface area contributed by atoms with Crippen LogP contribution >= 0.6 is 12.2 Å². The molecular formula is C16H17FN2S. The Bertz CT molecular complexity index is 626. The lowest BCUT2D eigenvalue weighted by molar-refractivity contribution is 0.619. The average molecular weight is 288 g/mol. The van der Waals surface area contributed by atoms with Crippen molar-refractivity contribution in [2.24, 2.45) is 0 Å². The van der Waals surface area contributed by atoms with Gasteiger partial charge < -0.3 is 10.6 Å². The van der Waals surface area contributed by atoms with Gasteiger partial charge in [-0.15, -0.1) is 0 Å². The predicted molar refractivity (Wildman–Crippen MR) is 86.8 cm³/mol. The van der Waals surface area contributed by atoms with Gasteiger partial charge in [-0.2, -0.15) is 0 Å². The minimum Gasteiger partial charge on any atom is -0.332 e. The van der Waals surface area contributed by atoms with Gasteiger partial charge in [0.2, 0.25) is 0 Å². The quantitative estimate of drug-likeness (QED) is 0.813. The SMILES string of the molecule is CCc1ccccc1NC(=S)Nc1ccc(C)c(F)c1. The normalized spacial score (nSPS) is 10.2. The molecule has 0 heterocycles. The van der Waals surface area contributed by atoms with Gasteiger partial charge in [0.1, 0.15) is 5.82 Å². The average Bonchev–Trinajstić information content (AvgIpc) is 2.43. The van der Waals surface area contributed by atoms with Crippen LogP contribution in [0.1, 0.15) is 18.1 Å². The van der Waals surface area contributed by atoms with Gasteiger partial charge in [-0.1, -0.05) is 31.2 Å². The summed E-state index contributed by atoms with van der Waals surface area (Å²) in [7, 11) is 0. The second-order valence-corrected chi connectivity index (χ2v) is 4.96. The summed E-state index contributed by atoms with van der Waals surface area (Å²) in [6.07, 6.45) is 0.922. The largest absolute Gasteiger partial charge is 0.332 e. The number of halogens is 1. The minimum absolute atomic E-state index is 0.244. The van der Waals surface area contributed by atoms with Crippen LogP contribution in [0.15, 0.2) is 42.5 Å². The van der Waals surface area contributed by atoms with Crippen molar-refractivity contribution in [1.82, 2.24) is 0 Å². The highest BCUT2D eigenvalue weighted by atomic mass is 32.1. The first-order valence-corrected chi connectivity index (χ1v) is 6.93. The van der Waals surface area contributed by atoms with E-state index in [-0.39, 0.29) is 5.82 Å². The van der Waals surface area contributed by atoms with Crippen LogP contribution < -0.4 is 10.6 Å². The monoisotopic (exact) mass is 288 g/mol. The minimum atomic E-state index is -0.244. The van der Waals surface area contributed by atoms with E-state index in [0.29, 0.717) is 16.4 Å². The van der Waals surface area contributed by atoms with E-state index in [9.17, 15) is 4.39 Å². The van der Waals surface area contributed by atoms with Crippen LogP contribution in [0.25, 0.3) is 0 Å². The third-order valence-electron chi connectivity index (χ3n) is 3.08. The molecule has 0 fully saturated rings. The molecule has 2 aromatic rings. The summed E-state index contributed by atoms with van der Waals surface area (Å²) >= 11 is 5.26. The standard InChI is InChI=1S/C16H17FN2S/c1-3-12-6-4-5-7-15(12)19-16(20)18-13-9-8-11(2)14(17)10-13/h4-10H,3H2,1-2H3,(H2,18,19,20). The van der Waals surface area contributed by atoms with E-state index < -0.39 is 0 Å². The van der Waals surface area contributed by atoms with E-state index in [0.717, 1.165) is 12.1 Å². The molecule has 2 nitrogen and oxygen atoms in total. The van der Waals surface area contributed by atoms with E-state index in [1.165, 1.54) is 11.6 Å². The van der Waals surface area contributed by atoms with Gasteiger partial charge in [-0.25, -0.2) is 4.39 Å². The highest BCUT2D eigenvalue weighted by molar-refractivity contribution is 7.80. The lowest BCUT2D eigenvalue weighted by Crippen LogP contribution is -2.20. The van der Waals surface area contributed by atoms with Crippen LogP contribution in [0.3, 0.4) is 0 Å². The predicted octanol–water partition coefficient (Wildman–Crippen LogP) is 4.51. The third kappa shape index (κ3) is 3.54. The Morgan fingerprint density at radius 1 is 1.15 bits per heavy atom. The number of hydrogen-bond acceptors (Lipinski definition) is 1. The first kappa shape index (κ1) is 14.5. The van der Waals surface area contributed by atoms with Crippen molar-refractivity contribution < 1.29 is 4.39 Å². The summed E-state index contributed by atoms with van der Waals surface area (Å²) in [4.78, 5) is 0. The molecule has 2 aromatic carbocycles. The van der Waals surface area contributed by atoms with Crippen molar-refractivity contribution in [2.75, 3.05) is 10.6 Å². The van der Waals surface area contributed by atoms with Gasteiger partial charge in [-0.05, 0) is 54.9 Å². The molecule has 4 heteroatoms. The highest BCUT2D eigenvalue weighted by Crippen LogP contribution is 2.17. The molecule has 0 aromatic heterocycles. The summed E-state index contributed by atoms with van der Waals surface area (Å²) in [5, 5.41) is 6.58. The first-order valence-electron chi connectivity index (χ1n) is 6.52. The molecule has 0 saturated carbocycles. The molecule has 0 saturated heterocycles. The number of anilines is 2. The summed E-state index contributed by atoms with van der Waals surface area (Å²) in [6, 6.07) is 12.9. The molecule has 0 aliphatic carbocycles. The maximum absolute atomic E-state index is 13.5. The van der Waals surface area contributed by atoms with Crippen molar-refractivity contribution in [3.05, 3.63) is 59.4 Å². The molecule has 0 amide bonds. The fourth-order valence-electron chi connectivity index (χ4n) is 1.91. The molecule has 2 N–H and O–H groups in total. The number of benzene rings is 2. The number of aryl methyl sites for hydroxylation is 2. The van der Waals surface area contributed by atoms with Gasteiger partial charge in [0.15, 0.2) is 5.11 Å². The molecule has 0 aliphatic heterocycles. The number of hydrogen-bond donors (Lipinski definition) is 2. The molecule has 0 unspecified atom stereocenters. The molecular weight excluding hydrogens is 271 g/mol. The van der Waals surface area contributed by atoms with Crippen LogP contribution in [0, 0.1) is 12.7 Å². The van der Waals surface area contributed by atoms with Gasteiger partial charge in [0, 0.05) is 11.4 Å². The second-order valence-electron chi connectivity index (χ2n) is 4.55. The summed E-state index contributed by atoms with van der Waals surface area (Å²) < 4.78 is 13.5. The van der Waals surface area contributed by atoms with Crippen molar-refractivity contribution in [3.8, 4) is 0 Å². The van der Waals surface area contributed by atoms with Crippen LogP contribution in [-0.4, -0.2) is 5.11 Å². The van der Waals surface area contributed by atoms with Crippen molar-refractivity contribution >= 4 is 28.7 Å². The van der Waals surface area contributed by atoms with Crippen molar-refractivity contribution in [2.45, 2.75) is 20.3 Å². The number of para-hydroxylation sites is 1. The number of thiocarbonyl (C=S) groups is 1. The smallest absolute Gasteiger partial charge is 0.175 e. The van der Waals surface area contributed by atoms with Crippen LogP contribution in [0.2, 0.25) is 0 Å². The highest BCUT2D eigenvalue weighted by Gasteiger charge is 2.04. The molecule has 20 heavy (non-hydrogen) atoms. The lowest BCUT2D eigenvalue weighted by atomic mass is 10.1. The zero-order chi connectivity index (χ0) is 14.5. The maximum Gasteiger partial charge on any atom is 0.175 e. The number of nitrogens with one attached hydrogen (secondary N) is 2. The summed E-state index contributed by atoms with van der Waals surface area (Å²) in [5.74, 6) is -0.244. The fraction of sp³-hybridized carbons (Fsp3) is 0.188. The summed E-state index contributed by atoms with van der Waals surface area (Å²) in [5.41, 5.74) is 3.41. The van der Waals surface area contributed by atoms with Gasteiger partial charge in [-0.3, -0.25) is 0 Å². The van der Waals surface area contributed by atoms with Crippen molar-refractivity contribution in [1.29, 1.82) is 0 Å². The summed E-state index contributed by atoms with van der Waals surface area (Å²) in [6.45, 7) is 3.82. The van der Waals surface area contributed by atoms with Crippen LogP contribution in [0.5, 0.6) is 0 Å². The Kier molecular flexibility index (Phi) is 4.69.